The van der Waals surface area contributed by atoms with E-state index in [1.165, 1.54) is 11.3 Å². The summed E-state index contributed by atoms with van der Waals surface area (Å²) in [5.74, 6) is 0.712. The van der Waals surface area contributed by atoms with E-state index in [4.69, 9.17) is 9.47 Å². The summed E-state index contributed by atoms with van der Waals surface area (Å²) in [4.78, 5) is 16.9. The summed E-state index contributed by atoms with van der Waals surface area (Å²) < 4.78 is 12.1. The van der Waals surface area contributed by atoms with Crippen molar-refractivity contribution in [2.75, 3.05) is 33.4 Å². The van der Waals surface area contributed by atoms with Crippen LogP contribution in [0, 0.1) is 5.92 Å². The number of Topliss-reactive ketones (excluding diaryl/α,β-unsaturated/α-hetero) is 1. The van der Waals surface area contributed by atoms with Crippen LogP contribution >= 0.6 is 11.3 Å². The standard InChI is InChI=1S/C29H33NO5S/c1-4-23(35-24-17-30(18-24)14-5-15-34-3)12-6-19(2)28(33)27-25-13-11-22(32)16-26(25)36-29(27)20-7-9-21(31)10-8-20/h4,6-13,16,19,24,31-32H,5,14-15,17-18H2,1-3H3/b12-6-,23-4+. The number of allylic oxidation sites excluding steroid dienone is 3. The van der Waals surface area contributed by atoms with E-state index < -0.39 is 0 Å². The van der Waals surface area contributed by atoms with Crippen LogP contribution in [0.15, 0.2) is 66.5 Å². The number of hydrogen-bond acceptors (Lipinski definition) is 7. The number of likely N-dealkylation sites (tertiary alicyclic amines) is 1. The number of aromatic hydroxyl groups is 2. The molecule has 2 heterocycles. The maximum atomic E-state index is 13.7. The lowest BCUT2D eigenvalue weighted by molar-refractivity contribution is -0.0203. The quantitative estimate of drug-likeness (QED) is 0.144. The molecule has 0 aliphatic carbocycles. The third-order valence-corrected chi connectivity index (χ3v) is 7.55. The van der Waals surface area contributed by atoms with Gasteiger partial charge in [-0.15, -0.1) is 11.3 Å². The van der Waals surface area contributed by atoms with Crippen LogP contribution in [0.3, 0.4) is 0 Å². The average molecular weight is 508 g/mol. The molecule has 0 saturated carbocycles. The van der Waals surface area contributed by atoms with Gasteiger partial charge in [0.1, 0.15) is 23.4 Å². The molecule has 1 aromatic heterocycles. The molecule has 6 nitrogen and oxygen atoms in total. The van der Waals surface area contributed by atoms with E-state index in [-0.39, 0.29) is 29.3 Å². The molecule has 2 aromatic carbocycles. The molecule has 3 aromatic rings. The summed E-state index contributed by atoms with van der Waals surface area (Å²) in [6.45, 7) is 7.39. The van der Waals surface area contributed by atoms with E-state index in [1.54, 1.807) is 49.6 Å². The minimum absolute atomic E-state index is 0.00493. The van der Waals surface area contributed by atoms with Gasteiger partial charge in [0, 0.05) is 59.8 Å². The van der Waals surface area contributed by atoms with Crippen molar-refractivity contribution in [3.8, 4) is 21.9 Å². The van der Waals surface area contributed by atoms with E-state index in [0.29, 0.717) is 5.56 Å². The van der Waals surface area contributed by atoms with Crippen molar-refractivity contribution in [2.24, 2.45) is 5.92 Å². The number of carbonyl (C=O) groups excluding carboxylic acids is 1. The van der Waals surface area contributed by atoms with Gasteiger partial charge in [0.25, 0.3) is 0 Å². The molecule has 0 radical (unpaired) electrons. The van der Waals surface area contributed by atoms with Crippen LogP contribution in [0.1, 0.15) is 30.6 Å². The molecule has 190 valence electrons. The first-order valence-corrected chi connectivity index (χ1v) is 13.0. The molecule has 7 heteroatoms. The fraction of sp³-hybridized carbons (Fsp3) is 0.345. The highest BCUT2D eigenvalue weighted by Crippen LogP contribution is 2.41. The molecule has 4 rings (SSSR count). The third kappa shape index (κ3) is 5.98. The van der Waals surface area contributed by atoms with Crippen molar-refractivity contribution < 1.29 is 24.5 Å². The number of ketones is 1. The molecule has 36 heavy (non-hydrogen) atoms. The Labute approximate surface area is 216 Å². The molecule has 0 bridgehead atoms. The fourth-order valence-corrected chi connectivity index (χ4v) is 5.55. The smallest absolute Gasteiger partial charge is 0.171 e. The summed E-state index contributed by atoms with van der Waals surface area (Å²) >= 11 is 1.46. The van der Waals surface area contributed by atoms with Crippen LogP contribution < -0.4 is 0 Å². The number of benzene rings is 2. The molecule has 1 unspecified atom stereocenters. The van der Waals surface area contributed by atoms with E-state index >= 15 is 0 Å². The number of rotatable bonds is 11. The van der Waals surface area contributed by atoms with E-state index in [9.17, 15) is 15.0 Å². The molecule has 1 atom stereocenters. The zero-order valence-electron chi connectivity index (χ0n) is 20.9. The van der Waals surface area contributed by atoms with Gasteiger partial charge < -0.3 is 19.7 Å². The molecule has 1 aliphatic rings. The Balaban J connectivity index is 1.49. The number of ether oxygens (including phenoxy) is 2. The van der Waals surface area contributed by atoms with Crippen LogP contribution in [0.25, 0.3) is 20.5 Å². The number of phenols is 2. The van der Waals surface area contributed by atoms with Crippen molar-refractivity contribution >= 4 is 27.2 Å². The maximum absolute atomic E-state index is 13.7. The van der Waals surface area contributed by atoms with Crippen molar-refractivity contribution in [3.05, 3.63) is 72.0 Å². The van der Waals surface area contributed by atoms with Crippen molar-refractivity contribution in [1.82, 2.24) is 4.90 Å². The number of nitrogens with zero attached hydrogens (tertiary/aromatic N) is 1. The highest BCUT2D eigenvalue weighted by molar-refractivity contribution is 7.22. The average Bonchev–Trinajstić information content (AvgIpc) is 3.22. The van der Waals surface area contributed by atoms with Crippen LogP contribution in [-0.4, -0.2) is 60.4 Å². The zero-order valence-corrected chi connectivity index (χ0v) is 21.8. The minimum Gasteiger partial charge on any atom is -0.508 e. The van der Waals surface area contributed by atoms with Crippen molar-refractivity contribution in [3.63, 3.8) is 0 Å². The Morgan fingerprint density at radius 3 is 2.58 bits per heavy atom. The number of carbonyl (C=O) groups is 1. The first-order valence-electron chi connectivity index (χ1n) is 12.2. The Morgan fingerprint density at radius 1 is 1.17 bits per heavy atom. The van der Waals surface area contributed by atoms with Gasteiger partial charge in [-0.1, -0.05) is 13.0 Å². The highest BCUT2D eigenvalue weighted by Gasteiger charge is 2.28. The van der Waals surface area contributed by atoms with Crippen molar-refractivity contribution in [2.45, 2.75) is 26.4 Å². The van der Waals surface area contributed by atoms with Gasteiger partial charge in [0.15, 0.2) is 5.78 Å². The molecule has 1 aliphatic heterocycles. The molecule has 0 amide bonds. The summed E-state index contributed by atoms with van der Waals surface area (Å²) in [7, 11) is 1.72. The SMILES string of the molecule is C/C=C(\C=C/C(C)C(=O)c1c(-c2ccc(O)cc2)sc2cc(O)ccc12)OC1CN(CCCOC)C1. The predicted molar refractivity (Wildman–Crippen MR) is 145 cm³/mol. The van der Waals surface area contributed by atoms with E-state index in [1.807, 2.05) is 32.1 Å². The molecule has 2 N–H and O–H groups in total. The first-order chi connectivity index (χ1) is 17.4. The van der Waals surface area contributed by atoms with Gasteiger partial charge in [-0.25, -0.2) is 0 Å². The summed E-state index contributed by atoms with van der Waals surface area (Å²) in [6.07, 6.45) is 6.87. The Morgan fingerprint density at radius 2 is 1.89 bits per heavy atom. The Hall–Kier alpha value is -3.13. The summed E-state index contributed by atoms with van der Waals surface area (Å²) in [5, 5.41) is 20.5. The van der Waals surface area contributed by atoms with Crippen LogP contribution in [0.4, 0.5) is 0 Å². The summed E-state index contributed by atoms with van der Waals surface area (Å²) in [6, 6.07) is 11.9. The molecule has 1 saturated heterocycles. The number of methoxy groups -OCH3 is 1. The minimum atomic E-state index is -0.377. The zero-order chi connectivity index (χ0) is 25.7. The van der Waals surface area contributed by atoms with E-state index in [2.05, 4.69) is 4.90 Å². The van der Waals surface area contributed by atoms with Crippen LogP contribution in [0.5, 0.6) is 11.5 Å². The molecular weight excluding hydrogens is 474 g/mol. The number of fused-ring (bicyclic) bond motifs is 1. The number of phenolic OH excluding ortho intramolecular Hbond substituents is 2. The molecule has 1 fully saturated rings. The van der Waals surface area contributed by atoms with Crippen molar-refractivity contribution in [1.29, 1.82) is 0 Å². The number of hydrogen-bond donors (Lipinski definition) is 2. The van der Waals surface area contributed by atoms with Gasteiger partial charge in [0.05, 0.1) is 0 Å². The van der Waals surface area contributed by atoms with Crippen LogP contribution in [0.2, 0.25) is 0 Å². The largest absolute Gasteiger partial charge is 0.508 e. The van der Waals surface area contributed by atoms with Gasteiger partial charge in [-0.05, 0) is 73.5 Å². The Bertz CT molecular complexity index is 1250. The van der Waals surface area contributed by atoms with Gasteiger partial charge in [-0.3, -0.25) is 9.69 Å². The lowest BCUT2D eigenvalue weighted by Gasteiger charge is -2.39. The second kappa shape index (κ2) is 11.7. The Kier molecular flexibility index (Phi) is 8.46. The molecule has 0 spiro atoms. The topological polar surface area (TPSA) is 79.2 Å². The van der Waals surface area contributed by atoms with Gasteiger partial charge in [0.2, 0.25) is 0 Å². The van der Waals surface area contributed by atoms with Crippen LogP contribution in [-0.2, 0) is 9.47 Å². The fourth-order valence-electron chi connectivity index (χ4n) is 4.31. The highest BCUT2D eigenvalue weighted by atomic mass is 32.1. The second-order valence-corrected chi connectivity index (χ2v) is 10.1. The van der Waals surface area contributed by atoms with E-state index in [0.717, 1.165) is 58.9 Å². The first kappa shape index (κ1) is 25.9. The molecular formula is C29H33NO5S. The lowest BCUT2D eigenvalue weighted by Crippen LogP contribution is -2.52. The monoisotopic (exact) mass is 507 g/mol. The lowest BCUT2D eigenvalue weighted by atomic mass is 9.94. The normalized spacial score (nSPS) is 15.9. The second-order valence-electron chi connectivity index (χ2n) is 9.08. The van der Waals surface area contributed by atoms with Gasteiger partial charge in [-0.2, -0.15) is 0 Å². The third-order valence-electron chi connectivity index (χ3n) is 6.35. The number of thiophene rings is 1. The summed E-state index contributed by atoms with van der Waals surface area (Å²) in [5.41, 5.74) is 1.48. The maximum Gasteiger partial charge on any atom is 0.171 e. The van der Waals surface area contributed by atoms with Gasteiger partial charge >= 0.3 is 0 Å². The predicted octanol–water partition coefficient (Wildman–Crippen LogP) is 6.00.